The van der Waals surface area contributed by atoms with Gasteiger partial charge in [0.25, 0.3) is 0 Å². The molecule has 3 heteroatoms. The molecule has 0 unspecified atom stereocenters. The van der Waals surface area contributed by atoms with Crippen LogP contribution in [0.25, 0.3) is 0 Å². The quantitative estimate of drug-likeness (QED) is 0.846. The second kappa shape index (κ2) is 4.75. The molecule has 0 saturated heterocycles. The first-order valence-electron chi connectivity index (χ1n) is 5.29. The largest absolute Gasteiger partial charge is 0.348 e. The van der Waals surface area contributed by atoms with E-state index in [-0.39, 0.29) is 5.78 Å². The molecule has 1 aromatic heterocycles. The van der Waals surface area contributed by atoms with E-state index in [1.54, 1.807) is 12.4 Å². The van der Waals surface area contributed by atoms with Gasteiger partial charge < -0.3 is 4.98 Å². The number of nitrogens with zero attached hydrogens (tertiary/aromatic N) is 1. The van der Waals surface area contributed by atoms with Crippen molar-refractivity contribution in [2.45, 2.75) is 19.8 Å². The van der Waals surface area contributed by atoms with Gasteiger partial charge in [0.1, 0.15) is 11.6 Å². The summed E-state index contributed by atoms with van der Waals surface area (Å²) in [6.07, 6.45) is 4.24. The monoisotopic (exact) mass is 214 g/mol. The Bertz CT molecular complexity index is 474. The maximum atomic E-state index is 11.7. The fourth-order valence-electron chi connectivity index (χ4n) is 1.69. The zero-order valence-electron chi connectivity index (χ0n) is 9.23. The number of carbonyl (C=O) groups excluding carboxylic acids is 1. The Hall–Kier alpha value is -1.90. The molecule has 0 fully saturated rings. The summed E-state index contributed by atoms with van der Waals surface area (Å²) < 4.78 is 0. The first-order valence-corrected chi connectivity index (χ1v) is 5.29. The number of carbonyl (C=O) groups is 1. The van der Waals surface area contributed by atoms with Crippen molar-refractivity contribution in [1.82, 2.24) is 9.97 Å². The first kappa shape index (κ1) is 10.6. The molecule has 1 heterocycles. The molecule has 1 N–H and O–H groups in total. The van der Waals surface area contributed by atoms with Gasteiger partial charge in [0, 0.05) is 18.8 Å². The van der Waals surface area contributed by atoms with E-state index in [4.69, 9.17) is 0 Å². The molecule has 0 bridgehead atoms. The summed E-state index contributed by atoms with van der Waals surface area (Å²) in [4.78, 5) is 18.7. The van der Waals surface area contributed by atoms with E-state index in [1.807, 2.05) is 31.2 Å². The molecule has 0 spiro atoms. The van der Waals surface area contributed by atoms with Crippen molar-refractivity contribution < 1.29 is 4.79 Å². The highest BCUT2D eigenvalue weighted by atomic mass is 16.1. The number of aryl methyl sites for hydroxylation is 1. The number of rotatable bonds is 4. The van der Waals surface area contributed by atoms with Crippen molar-refractivity contribution in [2.75, 3.05) is 0 Å². The zero-order chi connectivity index (χ0) is 11.4. The third-order valence-electron chi connectivity index (χ3n) is 2.40. The molecule has 0 amide bonds. The minimum Gasteiger partial charge on any atom is -0.348 e. The number of aromatic amines is 1. The van der Waals surface area contributed by atoms with Gasteiger partial charge >= 0.3 is 0 Å². The molecule has 82 valence electrons. The molecule has 0 aliphatic rings. The lowest BCUT2D eigenvalue weighted by atomic mass is 10.0. The van der Waals surface area contributed by atoms with Crippen LogP contribution in [0.4, 0.5) is 0 Å². The van der Waals surface area contributed by atoms with Gasteiger partial charge in [0.05, 0.1) is 6.42 Å². The molecule has 0 radical (unpaired) electrons. The minimum absolute atomic E-state index is 0.181. The van der Waals surface area contributed by atoms with Gasteiger partial charge in [-0.15, -0.1) is 0 Å². The van der Waals surface area contributed by atoms with Crippen molar-refractivity contribution >= 4 is 5.78 Å². The Balaban J connectivity index is 1.97. The van der Waals surface area contributed by atoms with E-state index in [9.17, 15) is 4.79 Å². The average molecular weight is 214 g/mol. The summed E-state index contributed by atoms with van der Waals surface area (Å²) in [5.74, 6) is 0.915. The van der Waals surface area contributed by atoms with Crippen LogP contribution in [-0.2, 0) is 17.6 Å². The molecule has 0 aliphatic heterocycles. The second-order valence-corrected chi connectivity index (χ2v) is 3.92. The van der Waals surface area contributed by atoms with Gasteiger partial charge in [-0.25, -0.2) is 4.98 Å². The number of benzene rings is 1. The van der Waals surface area contributed by atoms with Crippen LogP contribution >= 0.6 is 0 Å². The van der Waals surface area contributed by atoms with Crippen LogP contribution in [0.3, 0.4) is 0 Å². The third kappa shape index (κ3) is 2.79. The summed E-state index contributed by atoms with van der Waals surface area (Å²) in [5.41, 5.74) is 2.25. The predicted molar refractivity (Wildman–Crippen MR) is 62.2 cm³/mol. The maximum absolute atomic E-state index is 11.7. The highest BCUT2D eigenvalue weighted by Gasteiger charge is 2.06. The van der Waals surface area contributed by atoms with Crippen LogP contribution < -0.4 is 0 Å². The third-order valence-corrected chi connectivity index (χ3v) is 2.40. The predicted octanol–water partition coefficient (Wildman–Crippen LogP) is 2.07. The van der Waals surface area contributed by atoms with Gasteiger partial charge in [-0.05, 0) is 12.5 Å². The smallest absolute Gasteiger partial charge is 0.144 e. The summed E-state index contributed by atoms with van der Waals surface area (Å²) in [7, 11) is 0. The molecule has 0 saturated carbocycles. The van der Waals surface area contributed by atoms with Crippen LogP contribution in [0.1, 0.15) is 17.0 Å². The fourth-order valence-corrected chi connectivity index (χ4v) is 1.69. The molecule has 3 nitrogen and oxygen atoms in total. The number of ketones is 1. The lowest BCUT2D eigenvalue weighted by molar-refractivity contribution is -0.117. The average Bonchev–Trinajstić information content (AvgIpc) is 2.70. The van der Waals surface area contributed by atoms with Gasteiger partial charge in [-0.1, -0.05) is 29.8 Å². The Morgan fingerprint density at radius 2 is 2.25 bits per heavy atom. The number of imidazole rings is 1. The minimum atomic E-state index is 0.181. The van der Waals surface area contributed by atoms with Crippen LogP contribution in [0.5, 0.6) is 0 Å². The van der Waals surface area contributed by atoms with E-state index in [0.717, 1.165) is 11.4 Å². The van der Waals surface area contributed by atoms with Gasteiger partial charge in [0.15, 0.2) is 0 Å². The summed E-state index contributed by atoms with van der Waals surface area (Å²) in [5, 5.41) is 0. The standard InChI is InChI=1S/C13H14N2O/c1-10-3-2-4-11(7-10)8-12(16)9-13-14-5-6-15-13/h2-7H,8-9H2,1H3,(H,14,15). The molecule has 16 heavy (non-hydrogen) atoms. The highest BCUT2D eigenvalue weighted by Crippen LogP contribution is 2.06. The van der Waals surface area contributed by atoms with E-state index in [2.05, 4.69) is 9.97 Å². The lowest BCUT2D eigenvalue weighted by Gasteiger charge is -2.01. The number of aromatic nitrogens is 2. The number of hydrogen-bond donors (Lipinski definition) is 1. The van der Waals surface area contributed by atoms with E-state index >= 15 is 0 Å². The number of H-pyrrole nitrogens is 1. The van der Waals surface area contributed by atoms with Crippen molar-refractivity contribution in [3.8, 4) is 0 Å². The zero-order valence-corrected chi connectivity index (χ0v) is 9.23. The van der Waals surface area contributed by atoms with Crippen LogP contribution in [0, 0.1) is 6.92 Å². The van der Waals surface area contributed by atoms with E-state index in [0.29, 0.717) is 12.8 Å². The molecular weight excluding hydrogens is 200 g/mol. The van der Waals surface area contributed by atoms with Crippen LogP contribution in [0.15, 0.2) is 36.7 Å². The van der Waals surface area contributed by atoms with Gasteiger partial charge in [-0.3, -0.25) is 4.79 Å². The SMILES string of the molecule is Cc1cccc(CC(=O)Cc2ncc[nH]2)c1. The van der Waals surface area contributed by atoms with Crippen molar-refractivity contribution in [3.05, 3.63) is 53.6 Å². The lowest BCUT2D eigenvalue weighted by Crippen LogP contribution is -2.07. The molecule has 0 aliphatic carbocycles. The van der Waals surface area contributed by atoms with Crippen LogP contribution in [0.2, 0.25) is 0 Å². The van der Waals surface area contributed by atoms with E-state index < -0.39 is 0 Å². The molecule has 1 aromatic carbocycles. The van der Waals surface area contributed by atoms with Crippen molar-refractivity contribution in [2.24, 2.45) is 0 Å². The fraction of sp³-hybridized carbons (Fsp3) is 0.231. The summed E-state index contributed by atoms with van der Waals surface area (Å²) >= 11 is 0. The van der Waals surface area contributed by atoms with E-state index in [1.165, 1.54) is 5.56 Å². The summed E-state index contributed by atoms with van der Waals surface area (Å²) in [6.45, 7) is 2.03. The topological polar surface area (TPSA) is 45.8 Å². The highest BCUT2D eigenvalue weighted by molar-refractivity contribution is 5.82. The number of hydrogen-bond acceptors (Lipinski definition) is 2. The Morgan fingerprint density at radius 1 is 1.38 bits per heavy atom. The Morgan fingerprint density at radius 3 is 2.94 bits per heavy atom. The maximum Gasteiger partial charge on any atom is 0.144 e. The molecule has 0 atom stereocenters. The molecule has 2 rings (SSSR count). The molecular formula is C13H14N2O. The Kier molecular flexibility index (Phi) is 3.15. The Labute approximate surface area is 94.5 Å². The number of Topliss-reactive ketones (excluding diaryl/α,β-unsaturated/α-hetero) is 1. The van der Waals surface area contributed by atoms with Crippen LogP contribution in [-0.4, -0.2) is 15.8 Å². The summed E-state index contributed by atoms with van der Waals surface area (Å²) in [6, 6.07) is 8.03. The van der Waals surface area contributed by atoms with Gasteiger partial charge in [-0.2, -0.15) is 0 Å². The molecule has 2 aromatic rings. The number of nitrogens with one attached hydrogen (secondary N) is 1. The van der Waals surface area contributed by atoms with Crippen molar-refractivity contribution in [1.29, 1.82) is 0 Å². The van der Waals surface area contributed by atoms with Crippen molar-refractivity contribution in [3.63, 3.8) is 0 Å². The van der Waals surface area contributed by atoms with Gasteiger partial charge in [0.2, 0.25) is 0 Å². The second-order valence-electron chi connectivity index (χ2n) is 3.92. The normalized spacial score (nSPS) is 10.3. The first-order chi connectivity index (χ1) is 7.74.